The molecule has 1 aromatic heterocycles. The van der Waals surface area contributed by atoms with Gasteiger partial charge in [0.2, 0.25) is 0 Å². The van der Waals surface area contributed by atoms with Gasteiger partial charge in [0.25, 0.3) is 0 Å². The van der Waals surface area contributed by atoms with E-state index in [0.29, 0.717) is 16.7 Å². The molecule has 0 bridgehead atoms. The molecule has 1 unspecified atom stereocenters. The summed E-state index contributed by atoms with van der Waals surface area (Å²) in [7, 11) is 0. The maximum atomic E-state index is 12.6. The molecule has 0 spiro atoms. The van der Waals surface area contributed by atoms with Gasteiger partial charge in [-0.25, -0.2) is 0 Å². The quantitative estimate of drug-likeness (QED) is 0.895. The molecule has 1 aromatic carbocycles. The summed E-state index contributed by atoms with van der Waals surface area (Å²) in [5.41, 5.74) is 6.88. The number of hydrogen-bond acceptors (Lipinski definition) is 2. The molecule has 2 N–H and O–H groups in total. The molecule has 0 aliphatic carbocycles. The smallest absolute Gasteiger partial charge is 0.416 e. The second-order valence-electron chi connectivity index (χ2n) is 4.20. The number of nitrogens with two attached hydrogens (primary N) is 1. The summed E-state index contributed by atoms with van der Waals surface area (Å²) in [5.74, 6) is 0. The van der Waals surface area contributed by atoms with Crippen molar-refractivity contribution in [3.8, 4) is 0 Å². The summed E-state index contributed by atoms with van der Waals surface area (Å²) in [6.45, 7) is 1.58. The van der Waals surface area contributed by atoms with Crippen molar-refractivity contribution in [2.45, 2.75) is 19.1 Å². The van der Waals surface area contributed by atoms with E-state index in [0.717, 1.165) is 12.1 Å². The fourth-order valence-electron chi connectivity index (χ4n) is 1.90. The molecular weight excluding hydrogens is 279 g/mol. The zero-order chi connectivity index (χ0) is 14.2. The van der Waals surface area contributed by atoms with E-state index in [1.54, 1.807) is 13.0 Å². The average Bonchev–Trinajstić information content (AvgIpc) is 2.73. The highest BCUT2D eigenvalue weighted by molar-refractivity contribution is 6.29. The molecule has 2 aromatic rings. The third-order valence-electron chi connectivity index (χ3n) is 2.91. The van der Waals surface area contributed by atoms with Crippen molar-refractivity contribution in [3.05, 3.63) is 58.0 Å². The minimum absolute atomic E-state index is 0.145. The fourth-order valence-corrected chi connectivity index (χ4v) is 2.13. The van der Waals surface area contributed by atoms with Gasteiger partial charge in [-0.05, 0) is 47.9 Å². The monoisotopic (exact) mass is 289 g/mol. The Morgan fingerprint density at radius 3 is 2.37 bits per heavy atom. The minimum atomic E-state index is -4.36. The summed E-state index contributed by atoms with van der Waals surface area (Å²) in [6.07, 6.45) is -2.97. The molecule has 0 radical (unpaired) electrons. The van der Waals surface area contributed by atoms with E-state index in [1.165, 1.54) is 12.3 Å². The van der Waals surface area contributed by atoms with Crippen LogP contribution in [0.4, 0.5) is 13.2 Å². The Labute approximate surface area is 113 Å². The number of halogens is 4. The van der Waals surface area contributed by atoms with Gasteiger partial charge in [-0.15, -0.1) is 0 Å². The van der Waals surface area contributed by atoms with Gasteiger partial charge in [0.15, 0.2) is 5.22 Å². The highest BCUT2D eigenvalue weighted by atomic mass is 35.5. The Hall–Kier alpha value is -1.46. The van der Waals surface area contributed by atoms with E-state index in [1.807, 2.05) is 0 Å². The number of alkyl halides is 3. The van der Waals surface area contributed by atoms with Gasteiger partial charge in [-0.1, -0.05) is 6.07 Å². The van der Waals surface area contributed by atoms with E-state index in [4.69, 9.17) is 21.8 Å². The maximum absolute atomic E-state index is 12.6. The zero-order valence-electron chi connectivity index (χ0n) is 9.96. The molecule has 0 aliphatic heterocycles. The van der Waals surface area contributed by atoms with Crippen LogP contribution in [-0.4, -0.2) is 0 Å². The SMILES string of the molecule is Cc1cc(C(F)(F)F)ccc1C(N)c1ccoc1Cl. The maximum Gasteiger partial charge on any atom is 0.416 e. The first kappa shape index (κ1) is 14.0. The lowest BCUT2D eigenvalue weighted by Crippen LogP contribution is -2.14. The van der Waals surface area contributed by atoms with Crippen LogP contribution in [0.3, 0.4) is 0 Å². The summed E-state index contributed by atoms with van der Waals surface area (Å²) in [6, 6.07) is 4.43. The van der Waals surface area contributed by atoms with E-state index < -0.39 is 17.8 Å². The molecule has 0 fully saturated rings. The first-order chi connectivity index (χ1) is 8.80. The Bertz CT molecular complexity index is 592. The van der Waals surface area contributed by atoms with Gasteiger partial charge in [-0.3, -0.25) is 0 Å². The first-order valence-corrected chi connectivity index (χ1v) is 5.84. The van der Waals surface area contributed by atoms with Crippen molar-refractivity contribution in [1.29, 1.82) is 0 Å². The molecule has 102 valence electrons. The third kappa shape index (κ3) is 2.77. The molecular formula is C13H11ClF3NO. The average molecular weight is 290 g/mol. The molecule has 19 heavy (non-hydrogen) atoms. The van der Waals surface area contributed by atoms with Gasteiger partial charge < -0.3 is 10.2 Å². The first-order valence-electron chi connectivity index (χ1n) is 5.47. The summed E-state index contributed by atoms with van der Waals surface area (Å²) >= 11 is 5.81. The summed E-state index contributed by atoms with van der Waals surface area (Å²) < 4.78 is 42.6. The van der Waals surface area contributed by atoms with Crippen molar-refractivity contribution in [2.75, 3.05) is 0 Å². The zero-order valence-corrected chi connectivity index (χ0v) is 10.7. The van der Waals surface area contributed by atoms with Gasteiger partial charge >= 0.3 is 6.18 Å². The summed E-state index contributed by atoms with van der Waals surface area (Å²) in [5, 5.41) is 0.145. The van der Waals surface area contributed by atoms with Crippen molar-refractivity contribution < 1.29 is 17.6 Å². The van der Waals surface area contributed by atoms with E-state index in [-0.39, 0.29) is 5.22 Å². The van der Waals surface area contributed by atoms with Crippen LogP contribution in [0.1, 0.15) is 28.3 Å². The van der Waals surface area contributed by atoms with E-state index in [2.05, 4.69) is 0 Å². The predicted octanol–water partition coefficient (Wildman–Crippen LogP) is 4.31. The number of aryl methyl sites for hydroxylation is 1. The molecule has 1 heterocycles. The Morgan fingerprint density at radius 1 is 1.21 bits per heavy atom. The van der Waals surface area contributed by atoms with Gasteiger partial charge in [0.05, 0.1) is 17.9 Å². The molecule has 0 saturated heterocycles. The number of benzene rings is 1. The van der Waals surface area contributed by atoms with Crippen molar-refractivity contribution in [3.63, 3.8) is 0 Å². The number of rotatable bonds is 2. The normalized spacial score (nSPS) is 13.6. The molecule has 0 aliphatic rings. The Morgan fingerprint density at radius 2 is 1.89 bits per heavy atom. The standard InChI is InChI=1S/C13H11ClF3NO/c1-7-6-8(13(15,16)17)2-3-9(7)11(18)10-4-5-19-12(10)14/h2-6,11H,18H2,1H3. The van der Waals surface area contributed by atoms with Crippen LogP contribution < -0.4 is 5.73 Å². The molecule has 2 nitrogen and oxygen atoms in total. The van der Waals surface area contributed by atoms with Gasteiger partial charge in [0, 0.05) is 5.56 Å². The van der Waals surface area contributed by atoms with E-state index in [9.17, 15) is 13.2 Å². The largest absolute Gasteiger partial charge is 0.453 e. The molecule has 2 rings (SSSR count). The topological polar surface area (TPSA) is 39.2 Å². The van der Waals surface area contributed by atoms with E-state index >= 15 is 0 Å². The van der Waals surface area contributed by atoms with Crippen LogP contribution in [0.5, 0.6) is 0 Å². The highest BCUT2D eigenvalue weighted by Gasteiger charge is 2.31. The van der Waals surface area contributed by atoms with Crippen LogP contribution in [0.15, 0.2) is 34.9 Å². The van der Waals surface area contributed by atoms with Crippen molar-refractivity contribution >= 4 is 11.6 Å². The fraction of sp³-hybridized carbons (Fsp3) is 0.231. The lowest BCUT2D eigenvalue weighted by Gasteiger charge is -2.16. The second-order valence-corrected chi connectivity index (χ2v) is 4.54. The van der Waals surface area contributed by atoms with Crippen LogP contribution in [-0.2, 0) is 6.18 Å². The second kappa shape index (κ2) is 4.90. The lowest BCUT2D eigenvalue weighted by molar-refractivity contribution is -0.137. The Kier molecular flexibility index (Phi) is 3.60. The summed E-state index contributed by atoms with van der Waals surface area (Å²) in [4.78, 5) is 0. The molecule has 0 saturated carbocycles. The van der Waals surface area contributed by atoms with Gasteiger partial charge in [-0.2, -0.15) is 13.2 Å². The van der Waals surface area contributed by atoms with Gasteiger partial charge in [0.1, 0.15) is 0 Å². The molecule has 1 atom stereocenters. The lowest BCUT2D eigenvalue weighted by atomic mass is 9.96. The third-order valence-corrected chi connectivity index (χ3v) is 3.22. The van der Waals surface area contributed by atoms with Crippen molar-refractivity contribution in [2.24, 2.45) is 5.73 Å². The predicted molar refractivity (Wildman–Crippen MR) is 65.9 cm³/mol. The van der Waals surface area contributed by atoms with Crippen LogP contribution in [0.25, 0.3) is 0 Å². The molecule has 0 amide bonds. The van der Waals surface area contributed by atoms with Crippen molar-refractivity contribution in [1.82, 2.24) is 0 Å². The molecule has 6 heteroatoms. The van der Waals surface area contributed by atoms with Crippen LogP contribution >= 0.6 is 11.6 Å². The van der Waals surface area contributed by atoms with Crippen LogP contribution in [0.2, 0.25) is 5.22 Å². The Balaban J connectivity index is 2.39. The number of furan rings is 1. The minimum Gasteiger partial charge on any atom is -0.453 e. The highest BCUT2D eigenvalue weighted by Crippen LogP contribution is 2.34. The van der Waals surface area contributed by atoms with Crippen LogP contribution in [0, 0.1) is 6.92 Å². The number of hydrogen-bond donors (Lipinski definition) is 1.